The van der Waals surface area contributed by atoms with E-state index in [1.807, 2.05) is 13.8 Å². The molecule has 0 saturated carbocycles. The van der Waals surface area contributed by atoms with Crippen LogP contribution in [-0.4, -0.2) is 37.3 Å². The van der Waals surface area contributed by atoms with E-state index in [4.69, 9.17) is 9.47 Å². The predicted molar refractivity (Wildman–Crippen MR) is 125 cm³/mol. The van der Waals surface area contributed by atoms with Gasteiger partial charge in [0, 0.05) is 0 Å². The highest BCUT2D eigenvalue weighted by molar-refractivity contribution is 9.10. The Bertz CT molecular complexity index is 982. The van der Waals surface area contributed by atoms with Crippen LogP contribution in [0, 0.1) is 11.7 Å². The summed E-state index contributed by atoms with van der Waals surface area (Å²) in [4.78, 5) is 25.0. The smallest absolute Gasteiger partial charge is 0.262 e. The lowest BCUT2D eigenvalue weighted by Crippen LogP contribution is -2.48. The zero-order valence-corrected chi connectivity index (χ0v) is 20.0. The number of hydrogen-bond acceptors (Lipinski definition) is 5. The van der Waals surface area contributed by atoms with Crippen molar-refractivity contribution in [3.8, 4) is 11.5 Å². The quantitative estimate of drug-likeness (QED) is 0.370. The number of benzene rings is 2. The average Bonchev–Trinajstić information content (AvgIpc) is 2.74. The van der Waals surface area contributed by atoms with Crippen LogP contribution in [-0.2, 0) is 4.79 Å². The van der Waals surface area contributed by atoms with Gasteiger partial charge in [-0.05, 0) is 65.5 Å². The van der Waals surface area contributed by atoms with Gasteiger partial charge < -0.3 is 14.8 Å². The highest BCUT2D eigenvalue weighted by Gasteiger charge is 2.25. The highest BCUT2D eigenvalue weighted by atomic mass is 79.9. The summed E-state index contributed by atoms with van der Waals surface area (Å²) in [6.45, 7) is 8.23. The van der Waals surface area contributed by atoms with Gasteiger partial charge in [-0.2, -0.15) is 5.10 Å². The topological polar surface area (TPSA) is 89.0 Å². The number of carbonyl (C=O) groups excluding carboxylic acids is 2. The molecular weight excluding hydrogens is 481 g/mol. The molecule has 7 nitrogen and oxygen atoms in total. The number of amides is 2. The SMILES string of the molecule is CCOc1cc(C=NNC(=O)C(NC(=O)c2ccccc2F)C(C)C)cc(Br)c1OCC. The minimum absolute atomic E-state index is 0.128. The first-order valence-electron chi connectivity index (χ1n) is 10.3. The van der Waals surface area contributed by atoms with Gasteiger partial charge in [0.1, 0.15) is 11.9 Å². The molecule has 2 rings (SSSR count). The van der Waals surface area contributed by atoms with Gasteiger partial charge in [0.2, 0.25) is 0 Å². The number of rotatable bonds is 10. The Hall–Kier alpha value is -2.94. The number of ether oxygens (including phenoxy) is 2. The fraction of sp³-hybridized carbons (Fsp3) is 0.348. The molecule has 0 saturated heterocycles. The molecule has 0 aliphatic heterocycles. The lowest BCUT2D eigenvalue weighted by atomic mass is 10.0. The van der Waals surface area contributed by atoms with Crippen molar-refractivity contribution in [2.75, 3.05) is 13.2 Å². The number of halogens is 2. The molecule has 0 fully saturated rings. The van der Waals surface area contributed by atoms with Gasteiger partial charge in [-0.25, -0.2) is 9.82 Å². The van der Waals surface area contributed by atoms with E-state index in [2.05, 4.69) is 31.8 Å². The number of hydrogen-bond donors (Lipinski definition) is 2. The molecule has 172 valence electrons. The minimum Gasteiger partial charge on any atom is -0.490 e. The van der Waals surface area contributed by atoms with E-state index >= 15 is 0 Å². The van der Waals surface area contributed by atoms with E-state index in [1.54, 1.807) is 32.0 Å². The summed E-state index contributed by atoms with van der Waals surface area (Å²) in [5.74, 6) is -0.948. The van der Waals surface area contributed by atoms with Gasteiger partial charge in [0.05, 0.1) is 29.5 Å². The second-order valence-electron chi connectivity index (χ2n) is 7.11. The van der Waals surface area contributed by atoms with E-state index in [1.165, 1.54) is 24.4 Å². The second kappa shape index (κ2) is 12.2. The summed E-state index contributed by atoms with van der Waals surface area (Å²) < 4.78 is 25.8. The third-order valence-corrected chi connectivity index (χ3v) is 4.95. The fourth-order valence-electron chi connectivity index (χ4n) is 2.85. The van der Waals surface area contributed by atoms with Crippen molar-refractivity contribution in [3.63, 3.8) is 0 Å². The van der Waals surface area contributed by atoms with Gasteiger partial charge in [0.15, 0.2) is 11.5 Å². The first kappa shape index (κ1) is 25.3. The second-order valence-corrected chi connectivity index (χ2v) is 7.96. The van der Waals surface area contributed by atoms with Gasteiger partial charge in [0.25, 0.3) is 11.8 Å². The Kier molecular flexibility index (Phi) is 9.64. The maximum absolute atomic E-state index is 13.9. The summed E-state index contributed by atoms with van der Waals surface area (Å²) >= 11 is 3.46. The molecule has 0 aliphatic carbocycles. The molecule has 2 N–H and O–H groups in total. The normalized spacial score (nSPS) is 12.0. The molecule has 1 unspecified atom stereocenters. The standard InChI is InChI=1S/C23H27BrFN3O4/c1-5-31-19-12-15(11-17(24)21(19)32-6-2)13-26-28-23(30)20(14(3)4)27-22(29)16-9-7-8-10-18(16)25/h7-14,20H,5-6H2,1-4H3,(H,27,29)(H,28,30). The van der Waals surface area contributed by atoms with Crippen LogP contribution in [0.5, 0.6) is 11.5 Å². The van der Waals surface area contributed by atoms with Gasteiger partial charge in [-0.3, -0.25) is 9.59 Å². The van der Waals surface area contributed by atoms with Crippen molar-refractivity contribution in [1.82, 2.24) is 10.7 Å². The average molecular weight is 508 g/mol. The van der Waals surface area contributed by atoms with Crippen LogP contribution in [0.15, 0.2) is 46.0 Å². The molecule has 2 amide bonds. The molecule has 0 aromatic heterocycles. The number of hydrazone groups is 1. The zero-order valence-electron chi connectivity index (χ0n) is 18.4. The fourth-order valence-corrected chi connectivity index (χ4v) is 3.42. The zero-order chi connectivity index (χ0) is 23.7. The first-order valence-corrected chi connectivity index (χ1v) is 11.0. The van der Waals surface area contributed by atoms with Crippen molar-refractivity contribution < 1.29 is 23.5 Å². The molecule has 0 heterocycles. The summed E-state index contributed by atoms with van der Waals surface area (Å²) in [6, 6.07) is 8.22. The minimum atomic E-state index is -0.898. The predicted octanol–water partition coefficient (Wildman–Crippen LogP) is 4.29. The maximum atomic E-state index is 13.9. The van der Waals surface area contributed by atoms with Crippen molar-refractivity contribution >= 4 is 34.0 Å². The molecule has 0 spiro atoms. The lowest BCUT2D eigenvalue weighted by Gasteiger charge is -2.20. The van der Waals surface area contributed by atoms with Crippen molar-refractivity contribution in [2.24, 2.45) is 11.0 Å². The third-order valence-electron chi connectivity index (χ3n) is 4.36. The summed E-state index contributed by atoms with van der Waals surface area (Å²) in [6.07, 6.45) is 1.46. The summed E-state index contributed by atoms with van der Waals surface area (Å²) in [5, 5.41) is 6.56. The molecule has 0 aliphatic rings. The van der Waals surface area contributed by atoms with Crippen LogP contribution >= 0.6 is 15.9 Å². The van der Waals surface area contributed by atoms with Crippen molar-refractivity contribution in [2.45, 2.75) is 33.7 Å². The third kappa shape index (κ3) is 6.78. The largest absolute Gasteiger partial charge is 0.490 e. The Labute approximate surface area is 195 Å². The molecule has 1 atom stereocenters. The van der Waals surface area contributed by atoms with Crippen LogP contribution < -0.4 is 20.2 Å². The van der Waals surface area contributed by atoms with E-state index in [0.717, 1.165) is 0 Å². The lowest BCUT2D eigenvalue weighted by molar-refractivity contribution is -0.123. The maximum Gasteiger partial charge on any atom is 0.262 e. The van der Waals surface area contributed by atoms with Crippen LogP contribution in [0.1, 0.15) is 43.6 Å². The molecule has 9 heteroatoms. The molecule has 32 heavy (non-hydrogen) atoms. The Morgan fingerprint density at radius 1 is 1.16 bits per heavy atom. The molecule has 2 aromatic rings. The number of nitrogens with zero attached hydrogens (tertiary/aromatic N) is 1. The van der Waals surface area contributed by atoms with Gasteiger partial charge >= 0.3 is 0 Å². The van der Waals surface area contributed by atoms with Crippen LogP contribution in [0.25, 0.3) is 0 Å². The van der Waals surface area contributed by atoms with Gasteiger partial charge in [-0.15, -0.1) is 0 Å². The van der Waals surface area contributed by atoms with E-state index in [9.17, 15) is 14.0 Å². The first-order chi connectivity index (χ1) is 15.3. The van der Waals surface area contributed by atoms with Gasteiger partial charge in [-0.1, -0.05) is 26.0 Å². The van der Waals surface area contributed by atoms with Crippen molar-refractivity contribution in [3.05, 3.63) is 57.8 Å². The van der Waals surface area contributed by atoms with E-state index in [-0.39, 0.29) is 11.5 Å². The van der Waals surface area contributed by atoms with Crippen LogP contribution in [0.4, 0.5) is 4.39 Å². The monoisotopic (exact) mass is 507 g/mol. The molecule has 0 radical (unpaired) electrons. The van der Waals surface area contributed by atoms with E-state index in [0.29, 0.717) is 34.7 Å². The molecular formula is C23H27BrFN3O4. The molecule has 0 bridgehead atoms. The number of nitrogens with one attached hydrogen (secondary N) is 2. The molecule has 2 aromatic carbocycles. The van der Waals surface area contributed by atoms with Crippen LogP contribution in [0.2, 0.25) is 0 Å². The Morgan fingerprint density at radius 3 is 2.47 bits per heavy atom. The number of carbonyl (C=O) groups is 2. The van der Waals surface area contributed by atoms with Crippen molar-refractivity contribution in [1.29, 1.82) is 0 Å². The van der Waals surface area contributed by atoms with E-state index < -0.39 is 23.7 Å². The Morgan fingerprint density at radius 2 is 1.84 bits per heavy atom. The highest BCUT2D eigenvalue weighted by Crippen LogP contribution is 2.36. The van der Waals surface area contributed by atoms with Crippen LogP contribution in [0.3, 0.4) is 0 Å². The Balaban J connectivity index is 2.11. The summed E-state index contributed by atoms with van der Waals surface area (Å²) in [7, 11) is 0. The summed E-state index contributed by atoms with van der Waals surface area (Å²) in [5.41, 5.74) is 2.97.